The van der Waals surface area contributed by atoms with E-state index in [-0.39, 0.29) is 5.41 Å². The highest BCUT2D eigenvalue weighted by Crippen LogP contribution is 2.51. The lowest BCUT2D eigenvalue weighted by molar-refractivity contribution is 0.656. The van der Waals surface area contributed by atoms with Crippen molar-refractivity contribution in [1.29, 1.82) is 0 Å². The van der Waals surface area contributed by atoms with Crippen molar-refractivity contribution < 1.29 is 0 Å². The molecule has 0 spiro atoms. The number of thiophene rings is 1. The maximum absolute atomic E-state index is 5.32. The quantitative estimate of drug-likeness (QED) is 0.144. The van der Waals surface area contributed by atoms with Gasteiger partial charge in [0.2, 0.25) is 0 Å². The van der Waals surface area contributed by atoms with Crippen LogP contribution in [0.25, 0.3) is 71.0 Å². The van der Waals surface area contributed by atoms with Crippen LogP contribution in [0.5, 0.6) is 0 Å². The number of aromatic nitrogens is 3. The fourth-order valence-corrected chi connectivity index (χ4v) is 10.5. The van der Waals surface area contributed by atoms with Gasteiger partial charge in [0, 0.05) is 48.2 Å². The molecule has 0 saturated heterocycles. The predicted octanol–water partition coefficient (Wildman–Crippen LogP) is 15.0. The molecule has 0 fully saturated rings. The molecular formula is C55H45N3S. The number of benzene rings is 5. The van der Waals surface area contributed by atoms with Crippen LogP contribution < -0.4 is 0 Å². The van der Waals surface area contributed by atoms with Gasteiger partial charge in [-0.05, 0) is 101 Å². The van der Waals surface area contributed by atoms with Crippen LogP contribution in [0.15, 0.2) is 187 Å². The molecule has 4 heteroatoms. The molecule has 5 aromatic carbocycles. The van der Waals surface area contributed by atoms with Gasteiger partial charge >= 0.3 is 0 Å². The minimum Gasteiger partial charge on any atom is -0.208 e. The zero-order valence-corrected chi connectivity index (χ0v) is 34.6. The monoisotopic (exact) mass is 779 g/mol. The molecule has 0 radical (unpaired) electrons. The zero-order chi connectivity index (χ0) is 40.1. The first-order valence-corrected chi connectivity index (χ1v) is 21.5. The molecule has 2 aromatic heterocycles. The Labute approximate surface area is 351 Å². The van der Waals surface area contributed by atoms with Crippen molar-refractivity contribution in [3.05, 3.63) is 204 Å². The molecule has 59 heavy (non-hydrogen) atoms. The Kier molecular flexibility index (Phi) is 9.38. The average Bonchev–Trinajstić information content (AvgIpc) is 3.76. The van der Waals surface area contributed by atoms with Gasteiger partial charge in [0.25, 0.3) is 0 Å². The van der Waals surface area contributed by atoms with Crippen LogP contribution in [-0.4, -0.2) is 15.0 Å². The summed E-state index contributed by atoms with van der Waals surface area (Å²) in [5, 5.41) is 2.44. The largest absolute Gasteiger partial charge is 0.208 e. The molecule has 0 bridgehead atoms. The van der Waals surface area contributed by atoms with Gasteiger partial charge in [0.05, 0.1) is 0 Å². The first-order valence-electron chi connectivity index (χ1n) is 20.6. The summed E-state index contributed by atoms with van der Waals surface area (Å²) in [6.45, 7) is 10.8. The van der Waals surface area contributed by atoms with Crippen molar-refractivity contribution in [1.82, 2.24) is 15.0 Å². The number of hydrogen-bond donors (Lipinski definition) is 0. The van der Waals surface area contributed by atoms with E-state index in [4.69, 9.17) is 15.0 Å². The van der Waals surface area contributed by atoms with Crippen LogP contribution in [0.2, 0.25) is 0 Å². The van der Waals surface area contributed by atoms with Gasteiger partial charge < -0.3 is 0 Å². The van der Waals surface area contributed by atoms with E-state index in [2.05, 4.69) is 161 Å². The molecule has 1 atom stereocenters. The Morgan fingerprint density at radius 2 is 1.41 bits per heavy atom. The smallest absolute Gasteiger partial charge is 0.164 e. The van der Waals surface area contributed by atoms with Crippen molar-refractivity contribution in [2.75, 3.05) is 0 Å². The van der Waals surface area contributed by atoms with Gasteiger partial charge in [0.15, 0.2) is 17.5 Å². The predicted molar refractivity (Wildman–Crippen MR) is 250 cm³/mol. The summed E-state index contributed by atoms with van der Waals surface area (Å²) in [7, 11) is 0. The van der Waals surface area contributed by atoms with Crippen LogP contribution in [0.4, 0.5) is 0 Å². The van der Waals surface area contributed by atoms with Gasteiger partial charge in [0.1, 0.15) is 0 Å². The van der Waals surface area contributed by atoms with Crippen molar-refractivity contribution in [3.63, 3.8) is 0 Å². The maximum atomic E-state index is 5.32. The summed E-state index contributed by atoms with van der Waals surface area (Å²) >= 11 is 1.83. The van der Waals surface area contributed by atoms with E-state index in [1.807, 2.05) is 41.7 Å². The van der Waals surface area contributed by atoms with E-state index in [1.54, 1.807) is 0 Å². The lowest BCUT2D eigenvalue weighted by atomic mass is 9.77. The van der Waals surface area contributed by atoms with Gasteiger partial charge in [-0.15, -0.1) is 11.3 Å². The maximum Gasteiger partial charge on any atom is 0.164 e. The summed E-state index contributed by atoms with van der Waals surface area (Å²) < 4.78 is 2.49. The minimum absolute atomic E-state index is 0.175. The molecule has 3 nitrogen and oxygen atoms in total. The number of fused-ring (bicyclic) bond motifs is 4. The van der Waals surface area contributed by atoms with E-state index in [9.17, 15) is 0 Å². The zero-order valence-electron chi connectivity index (χ0n) is 33.7. The second-order valence-electron chi connectivity index (χ2n) is 16.3. The molecule has 10 rings (SSSR count). The first kappa shape index (κ1) is 36.8. The van der Waals surface area contributed by atoms with Crippen molar-refractivity contribution >= 4 is 37.1 Å². The van der Waals surface area contributed by atoms with E-state index in [0.717, 1.165) is 41.5 Å². The molecule has 3 aliphatic rings. The Morgan fingerprint density at radius 3 is 2.20 bits per heavy atom. The highest BCUT2D eigenvalue weighted by atomic mass is 32.1. The second kappa shape index (κ2) is 15.0. The Morgan fingerprint density at radius 1 is 0.678 bits per heavy atom. The van der Waals surface area contributed by atoms with Crippen molar-refractivity contribution in [2.45, 2.75) is 51.4 Å². The molecule has 286 valence electrons. The normalized spacial score (nSPS) is 17.2. The van der Waals surface area contributed by atoms with Gasteiger partial charge in [-0.25, -0.2) is 15.0 Å². The summed E-state index contributed by atoms with van der Waals surface area (Å²) in [5.41, 5.74) is 14.4. The Bertz CT molecular complexity index is 3020. The molecule has 0 saturated carbocycles. The second-order valence-corrected chi connectivity index (χ2v) is 17.4. The molecular weight excluding hydrogens is 735 g/mol. The molecule has 1 unspecified atom stereocenters. The fourth-order valence-electron chi connectivity index (χ4n) is 9.36. The highest BCUT2D eigenvalue weighted by Gasteiger charge is 2.37. The van der Waals surface area contributed by atoms with Crippen LogP contribution in [0.3, 0.4) is 0 Å². The van der Waals surface area contributed by atoms with Crippen LogP contribution in [0.1, 0.15) is 62.6 Å². The van der Waals surface area contributed by atoms with Gasteiger partial charge in [-0.1, -0.05) is 160 Å². The first-order chi connectivity index (χ1) is 28.9. The van der Waals surface area contributed by atoms with Crippen molar-refractivity contribution in [3.8, 4) is 45.3 Å². The molecule has 0 N–H and O–H groups in total. The summed E-state index contributed by atoms with van der Waals surface area (Å²) in [6, 6.07) is 39.2. The third-order valence-electron chi connectivity index (χ3n) is 12.3. The van der Waals surface area contributed by atoms with E-state index in [0.29, 0.717) is 23.4 Å². The molecule has 2 heterocycles. The lowest BCUT2D eigenvalue weighted by Gasteiger charge is -2.26. The number of nitrogens with zero attached hydrogens (tertiary/aromatic N) is 3. The standard InChI is InChI=1S/C55H45N3S/c1-5-6-25-47-35(2)43-22-14-23-44(51(43)55(47,3)4)41-20-13-21-42(33-41)53-56-52(39-18-11-8-12-19-39)57-54(58-53)45-24-15-26-49-50(45)46-34-40(31-32-48(46)59-49)38-29-27-37(28-30-38)36-16-9-7-10-17-36/h5-6,8-9,11-29,31-34,38H,1,7,10,30H2,2-4H3/b25-6-. The third-order valence-corrected chi connectivity index (χ3v) is 13.4. The highest BCUT2D eigenvalue weighted by molar-refractivity contribution is 7.25. The summed E-state index contributed by atoms with van der Waals surface area (Å²) in [5.74, 6) is 2.31. The molecule has 0 amide bonds. The number of hydrogen-bond acceptors (Lipinski definition) is 4. The number of rotatable bonds is 8. The Balaban J connectivity index is 1.08. The SMILES string of the molecule is C=C/C=C\C1=C(C)c2cccc(-c3cccc(-c4nc(-c5ccccc5)nc(-c5cccc6sc7ccc(C8C=CC(C9=CCCC=C9)=CC8)cc7c56)n4)c3)c2C1(C)C. The Hall–Kier alpha value is -6.49. The van der Waals surface area contributed by atoms with Crippen LogP contribution in [-0.2, 0) is 5.41 Å². The number of allylic oxidation sites excluding steroid dienone is 13. The minimum atomic E-state index is -0.175. The fraction of sp³-hybridized carbons (Fsp3) is 0.145. The van der Waals surface area contributed by atoms with E-state index < -0.39 is 0 Å². The van der Waals surface area contributed by atoms with E-state index >= 15 is 0 Å². The summed E-state index contributed by atoms with van der Waals surface area (Å²) in [6.07, 6.45) is 23.4. The van der Waals surface area contributed by atoms with Crippen LogP contribution in [0, 0.1) is 0 Å². The topological polar surface area (TPSA) is 38.7 Å². The van der Waals surface area contributed by atoms with E-state index in [1.165, 1.54) is 64.7 Å². The molecule has 7 aromatic rings. The lowest BCUT2D eigenvalue weighted by Crippen LogP contribution is -2.17. The third kappa shape index (κ3) is 6.58. The van der Waals surface area contributed by atoms with Gasteiger partial charge in [-0.3, -0.25) is 0 Å². The summed E-state index contributed by atoms with van der Waals surface area (Å²) in [4.78, 5) is 15.7. The average molecular weight is 780 g/mol. The van der Waals surface area contributed by atoms with Gasteiger partial charge in [-0.2, -0.15) is 0 Å². The molecule has 3 aliphatic carbocycles. The van der Waals surface area contributed by atoms with Crippen LogP contribution >= 0.6 is 11.3 Å². The molecule has 0 aliphatic heterocycles. The van der Waals surface area contributed by atoms with Crippen molar-refractivity contribution in [2.24, 2.45) is 0 Å².